The first-order valence-electron chi connectivity index (χ1n) is 7.98. The number of aliphatic hydroxyl groups excluding tert-OH is 1. The van der Waals surface area contributed by atoms with Gasteiger partial charge in [0.1, 0.15) is 5.76 Å². The van der Waals surface area contributed by atoms with Gasteiger partial charge >= 0.3 is 0 Å². The molecule has 2 N–H and O–H groups in total. The van der Waals surface area contributed by atoms with Crippen LogP contribution < -0.4 is 10.2 Å². The fourth-order valence-electron chi connectivity index (χ4n) is 2.35. The molecule has 0 fully saturated rings. The Morgan fingerprint density at radius 3 is 2.60 bits per heavy atom. The van der Waals surface area contributed by atoms with Gasteiger partial charge in [0.05, 0.1) is 37.2 Å². The Bertz CT molecular complexity index is 700. The molecule has 0 unspecified atom stereocenters. The maximum absolute atomic E-state index is 12.5. The lowest BCUT2D eigenvalue weighted by atomic mass is 10.1. The molecule has 0 aliphatic heterocycles. The molecule has 0 aliphatic rings. The zero-order valence-corrected chi connectivity index (χ0v) is 14.4. The highest BCUT2D eigenvalue weighted by Gasteiger charge is 2.19. The predicted molar refractivity (Wildman–Crippen MR) is 94.3 cm³/mol. The Labute approximate surface area is 146 Å². The van der Waals surface area contributed by atoms with Crippen LogP contribution in [0.1, 0.15) is 16.1 Å². The summed E-state index contributed by atoms with van der Waals surface area (Å²) < 4.78 is 5.20. The van der Waals surface area contributed by atoms with Crippen LogP contribution in [0.15, 0.2) is 47.1 Å². The second-order valence-corrected chi connectivity index (χ2v) is 5.69. The molecule has 2 rings (SSSR count). The van der Waals surface area contributed by atoms with Crippen molar-refractivity contribution >= 4 is 17.5 Å². The van der Waals surface area contributed by atoms with Crippen molar-refractivity contribution < 1.29 is 19.1 Å². The third-order valence-corrected chi connectivity index (χ3v) is 3.77. The molecule has 0 atom stereocenters. The van der Waals surface area contributed by atoms with E-state index in [1.807, 2.05) is 0 Å². The number of nitrogens with one attached hydrogen (secondary N) is 1. The van der Waals surface area contributed by atoms with Gasteiger partial charge in [-0.05, 0) is 31.3 Å². The predicted octanol–water partition coefficient (Wildman–Crippen LogP) is 1.10. The van der Waals surface area contributed by atoms with E-state index in [0.29, 0.717) is 23.6 Å². The number of furan rings is 1. The largest absolute Gasteiger partial charge is 0.467 e. The number of rotatable bonds is 8. The van der Waals surface area contributed by atoms with Crippen molar-refractivity contribution in [3.63, 3.8) is 0 Å². The van der Waals surface area contributed by atoms with Gasteiger partial charge in [-0.15, -0.1) is 0 Å². The highest BCUT2D eigenvalue weighted by Crippen LogP contribution is 2.19. The lowest BCUT2D eigenvalue weighted by Gasteiger charge is -2.23. The van der Waals surface area contributed by atoms with Crippen LogP contribution in [-0.2, 0) is 11.3 Å². The minimum Gasteiger partial charge on any atom is -0.467 e. The Morgan fingerprint density at radius 2 is 1.92 bits per heavy atom. The van der Waals surface area contributed by atoms with Crippen LogP contribution in [0.5, 0.6) is 0 Å². The number of amides is 2. The normalized spacial score (nSPS) is 10.7. The van der Waals surface area contributed by atoms with Crippen molar-refractivity contribution in [3.05, 3.63) is 54.0 Å². The molecule has 1 aromatic carbocycles. The summed E-state index contributed by atoms with van der Waals surface area (Å²) in [7, 11) is 3.39. The fourth-order valence-corrected chi connectivity index (χ4v) is 2.35. The average Bonchev–Trinajstić information content (AvgIpc) is 3.12. The Kier molecular flexibility index (Phi) is 6.73. The lowest BCUT2D eigenvalue weighted by molar-refractivity contribution is -0.119. The van der Waals surface area contributed by atoms with Crippen LogP contribution >= 0.6 is 0 Å². The fraction of sp³-hybridized carbons (Fsp3) is 0.333. The summed E-state index contributed by atoms with van der Waals surface area (Å²) in [5, 5.41) is 11.7. The summed E-state index contributed by atoms with van der Waals surface area (Å²) in [6.07, 6.45) is 1.55. The van der Waals surface area contributed by atoms with E-state index in [4.69, 9.17) is 9.52 Å². The van der Waals surface area contributed by atoms with Crippen molar-refractivity contribution in [2.45, 2.75) is 6.54 Å². The molecule has 0 saturated heterocycles. The van der Waals surface area contributed by atoms with E-state index in [1.54, 1.807) is 61.7 Å². The molecule has 2 aromatic rings. The smallest absolute Gasteiger partial charge is 0.253 e. The SMILES string of the molecule is CN(CCO)CC(=O)N(C)c1ccccc1C(=O)NCc1ccco1. The van der Waals surface area contributed by atoms with Crippen LogP contribution in [0.25, 0.3) is 0 Å². The number of anilines is 1. The number of carbonyl (C=O) groups is 2. The zero-order chi connectivity index (χ0) is 18.2. The lowest BCUT2D eigenvalue weighted by Crippen LogP contribution is -2.38. The van der Waals surface area contributed by atoms with E-state index in [-0.39, 0.29) is 31.5 Å². The molecular formula is C18H23N3O4. The second kappa shape index (κ2) is 9.00. The van der Waals surface area contributed by atoms with E-state index in [9.17, 15) is 9.59 Å². The van der Waals surface area contributed by atoms with Crippen LogP contribution in [0.2, 0.25) is 0 Å². The molecule has 7 nitrogen and oxygen atoms in total. The molecule has 0 bridgehead atoms. The minimum atomic E-state index is -0.282. The van der Waals surface area contributed by atoms with E-state index >= 15 is 0 Å². The molecule has 1 aromatic heterocycles. The second-order valence-electron chi connectivity index (χ2n) is 5.69. The molecule has 0 saturated carbocycles. The first kappa shape index (κ1) is 18.7. The van der Waals surface area contributed by atoms with Crippen molar-refractivity contribution in [2.75, 3.05) is 38.7 Å². The first-order valence-corrected chi connectivity index (χ1v) is 7.98. The Balaban J connectivity index is 2.08. The van der Waals surface area contributed by atoms with Gasteiger partial charge in [-0.3, -0.25) is 14.5 Å². The van der Waals surface area contributed by atoms with Crippen LogP contribution in [-0.4, -0.2) is 55.6 Å². The third-order valence-electron chi connectivity index (χ3n) is 3.77. The van der Waals surface area contributed by atoms with Gasteiger partial charge in [-0.1, -0.05) is 12.1 Å². The van der Waals surface area contributed by atoms with Gasteiger partial charge in [-0.25, -0.2) is 0 Å². The molecular weight excluding hydrogens is 322 g/mol. The van der Waals surface area contributed by atoms with Crippen molar-refractivity contribution in [1.82, 2.24) is 10.2 Å². The molecule has 134 valence electrons. The van der Waals surface area contributed by atoms with Crippen molar-refractivity contribution in [2.24, 2.45) is 0 Å². The van der Waals surface area contributed by atoms with E-state index in [0.717, 1.165) is 0 Å². The van der Waals surface area contributed by atoms with Crippen LogP contribution in [0.3, 0.4) is 0 Å². The van der Waals surface area contributed by atoms with Crippen molar-refractivity contribution in [1.29, 1.82) is 0 Å². The monoisotopic (exact) mass is 345 g/mol. The first-order chi connectivity index (χ1) is 12.0. The van der Waals surface area contributed by atoms with Gasteiger partial charge in [-0.2, -0.15) is 0 Å². The Hall–Kier alpha value is -2.64. The standard InChI is InChI=1S/C18H23N3O4/c1-20(9-10-22)13-17(23)21(2)16-8-4-3-7-15(16)18(24)19-12-14-6-5-11-25-14/h3-8,11,22H,9-10,12-13H2,1-2H3,(H,19,24). The van der Waals surface area contributed by atoms with Crippen molar-refractivity contribution in [3.8, 4) is 0 Å². The molecule has 0 spiro atoms. The van der Waals surface area contributed by atoms with Crippen LogP contribution in [0.4, 0.5) is 5.69 Å². The molecule has 7 heteroatoms. The highest BCUT2D eigenvalue weighted by molar-refractivity contribution is 6.04. The minimum absolute atomic E-state index is 0.0146. The number of benzene rings is 1. The Morgan fingerprint density at radius 1 is 1.16 bits per heavy atom. The summed E-state index contributed by atoms with van der Waals surface area (Å²) in [5.74, 6) is 0.207. The average molecular weight is 345 g/mol. The maximum atomic E-state index is 12.5. The summed E-state index contributed by atoms with van der Waals surface area (Å²) in [6, 6.07) is 10.5. The number of aliphatic hydroxyl groups is 1. The summed E-state index contributed by atoms with van der Waals surface area (Å²) in [4.78, 5) is 28.1. The summed E-state index contributed by atoms with van der Waals surface area (Å²) in [6.45, 7) is 0.820. The summed E-state index contributed by atoms with van der Waals surface area (Å²) >= 11 is 0. The van der Waals surface area contributed by atoms with Gasteiger partial charge in [0.25, 0.3) is 5.91 Å². The number of nitrogens with zero attached hydrogens (tertiary/aromatic N) is 2. The number of para-hydroxylation sites is 1. The van der Waals surface area contributed by atoms with Gasteiger partial charge < -0.3 is 19.7 Å². The quantitative estimate of drug-likeness (QED) is 0.748. The maximum Gasteiger partial charge on any atom is 0.253 e. The molecule has 0 aliphatic carbocycles. The summed E-state index contributed by atoms with van der Waals surface area (Å²) in [5.41, 5.74) is 0.941. The molecule has 1 heterocycles. The van der Waals surface area contributed by atoms with E-state index in [1.165, 1.54) is 4.90 Å². The van der Waals surface area contributed by atoms with E-state index < -0.39 is 0 Å². The molecule has 0 radical (unpaired) electrons. The number of likely N-dealkylation sites (N-methyl/N-ethyl adjacent to an activating group) is 2. The van der Waals surface area contributed by atoms with E-state index in [2.05, 4.69) is 5.32 Å². The molecule has 25 heavy (non-hydrogen) atoms. The van der Waals surface area contributed by atoms with Gasteiger partial charge in [0.15, 0.2) is 0 Å². The van der Waals surface area contributed by atoms with Crippen LogP contribution in [0, 0.1) is 0 Å². The third kappa shape index (κ3) is 5.17. The van der Waals surface area contributed by atoms with Gasteiger partial charge in [0, 0.05) is 13.6 Å². The number of hydrogen-bond donors (Lipinski definition) is 2. The topological polar surface area (TPSA) is 86.0 Å². The zero-order valence-electron chi connectivity index (χ0n) is 14.4. The van der Waals surface area contributed by atoms with Gasteiger partial charge in [0.2, 0.25) is 5.91 Å². The molecule has 2 amide bonds. The number of hydrogen-bond acceptors (Lipinski definition) is 5. The highest BCUT2D eigenvalue weighted by atomic mass is 16.3. The number of carbonyl (C=O) groups excluding carboxylic acids is 2.